The summed E-state index contributed by atoms with van der Waals surface area (Å²) in [7, 11) is 0. The maximum Gasteiger partial charge on any atom is 0.258 e. The van der Waals surface area contributed by atoms with Crippen molar-refractivity contribution < 1.29 is 9.53 Å². The molecule has 0 saturated carbocycles. The Hall–Kier alpha value is -2.01. The summed E-state index contributed by atoms with van der Waals surface area (Å²) in [6, 6.07) is 6.80. The minimum absolute atomic E-state index is 0.0580. The van der Waals surface area contributed by atoms with Crippen LogP contribution in [0.2, 0.25) is 5.02 Å². The molecule has 0 aliphatic carbocycles. The molecule has 1 atom stereocenters. The van der Waals surface area contributed by atoms with Gasteiger partial charge in [0.1, 0.15) is 11.6 Å². The number of carbonyl (C=O) groups excluding carboxylic acids is 1. The number of aromatic amines is 1. The van der Waals surface area contributed by atoms with E-state index in [4.69, 9.17) is 16.3 Å². The van der Waals surface area contributed by atoms with Crippen LogP contribution in [-0.4, -0.2) is 22.5 Å². The zero-order chi connectivity index (χ0) is 14.4. The normalized spacial score (nSPS) is 11.9. The van der Waals surface area contributed by atoms with Crippen LogP contribution in [0.1, 0.15) is 25.2 Å². The van der Waals surface area contributed by atoms with Crippen molar-refractivity contribution in [2.45, 2.75) is 19.4 Å². The molecule has 5 nitrogen and oxygen atoms in total. The van der Waals surface area contributed by atoms with Gasteiger partial charge in [-0.25, -0.2) is 4.98 Å². The van der Waals surface area contributed by atoms with Crippen LogP contribution in [-0.2, 0) is 4.79 Å². The highest BCUT2D eigenvalue weighted by Crippen LogP contribution is 2.17. The SMILES string of the molecule is CCC(NC(=O)COc1cccc(Cl)c1)c1ncc[nH]1. The van der Waals surface area contributed by atoms with Crippen LogP contribution in [0.25, 0.3) is 0 Å². The molecule has 1 amide bonds. The van der Waals surface area contributed by atoms with Crippen LogP contribution in [0, 0.1) is 0 Å². The van der Waals surface area contributed by atoms with Gasteiger partial charge in [0.25, 0.3) is 5.91 Å². The van der Waals surface area contributed by atoms with E-state index in [1.165, 1.54) is 0 Å². The first-order chi connectivity index (χ1) is 9.69. The third-order valence-corrected chi connectivity index (χ3v) is 2.99. The second-order valence-corrected chi connectivity index (χ2v) is 4.69. The number of carbonyl (C=O) groups is 1. The average Bonchev–Trinajstić information content (AvgIpc) is 2.96. The molecule has 0 aliphatic rings. The number of benzene rings is 1. The first-order valence-electron chi connectivity index (χ1n) is 6.36. The third-order valence-electron chi connectivity index (χ3n) is 2.76. The van der Waals surface area contributed by atoms with E-state index >= 15 is 0 Å². The van der Waals surface area contributed by atoms with Crippen LogP contribution in [0.3, 0.4) is 0 Å². The molecule has 106 valence electrons. The number of rotatable bonds is 6. The largest absolute Gasteiger partial charge is 0.484 e. The Kier molecular flexibility index (Phi) is 5.01. The summed E-state index contributed by atoms with van der Waals surface area (Å²) in [4.78, 5) is 19.0. The Bertz CT molecular complexity index is 557. The van der Waals surface area contributed by atoms with E-state index in [9.17, 15) is 4.79 Å². The zero-order valence-electron chi connectivity index (χ0n) is 11.1. The summed E-state index contributed by atoms with van der Waals surface area (Å²) in [5.41, 5.74) is 0. The van der Waals surface area contributed by atoms with Crippen LogP contribution in [0.5, 0.6) is 5.75 Å². The predicted octanol–water partition coefficient (Wildman–Crippen LogP) is 2.71. The predicted molar refractivity (Wildman–Crippen MR) is 76.7 cm³/mol. The maximum atomic E-state index is 11.9. The number of ether oxygens (including phenoxy) is 1. The lowest BCUT2D eigenvalue weighted by Gasteiger charge is -2.15. The van der Waals surface area contributed by atoms with Gasteiger partial charge in [0.15, 0.2) is 6.61 Å². The molecule has 2 rings (SSSR count). The number of aromatic nitrogens is 2. The highest BCUT2D eigenvalue weighted by Gasteiger charge is 2.14. The molecule has 2 aromatic rings. The molecule has 20 heavy (non-hydrogen) atoms. The Balaban J connectivity index is 1.86. The average molecular weight is 294 g/mol. The summed E-state index contributed by atoms with van der Waals surface area (Å²) >= 11 is 5.84. The van der Waals surface area contributed by atoms with Gasteiger partial charge in [-0.2, -0.15) is 0 Å². The number of amides is 1. The van der Waals surface area contributed by atoms with Gasteiger partial charge in [-0.1, -0.05) is 24.6 Å². The monoisotopic (exact) mass is 293 g/mol. The molecule has 1 aromatic heterocycles. The number of nitrogens with one attached hydrogen (secondary N) is 2. The second-order valence-electron chi connectivity index (χ2n) is 4.25. The topological polar surface area (TPSA) is 67.0 Å². The minimum atomic E-state index is -0.201. The third kappa shape index (κ3) is 3.99. The molecular formula is C14H16ClN3O2. The number of nitrogens with zero attached hydrogens (tertiary/aromatic N) is 1. The number of imidazole rings is 1. The smallest absolute Gasteiger partial charge is 0.258 e. The van der Waals surface area contributed by atoms with Gasteiger partial charge < -0.3 is 15.0 Å². The van der Waals surface area contributed by atoms with Crippen molar-refractivity contribution in [1.29, 1.82) is 0 Å². The first-order valence-corrected chi connectivity index (χ1v) is 6.74. The minimum Gasteiger partial charge on any atom is -0.484 e. The van der Waals surface area contributed by atoms with Gasteiger partial charge in [0.05, 0.1) is 6.04 Å². The molecular weight excluding hydrogens is 278 g/mol. The van der Waals surface area contributed by atoms with E-state index < -0.39 is 0 Å². The molecule has 0 fully saturated rings. The summed E-state index contributed by atoms with van der Waals surface area (Å²) in [5, 5.41) is 3.44. The fraction of sp³-hybridized carbons (Fsp3) is 0.286. The summed E-state index contributed by atoms with van der Waals surface area (Å²) < 4.78 is 5.38. The highest BCUT2D eigenvalue weighted by atomic mass is 35.5. The van der Waals surface area contributed by atoms with Gasteiger partial charge in [-0.15, -0.1) is 0 Å². The standard InChI is InChI=1S/C14H16ClN3O2/c1-2-12(14-16-6-7-17-14)18-13(19)9-20-11-5-3-4-10(15)8-11/h3-8,12H,2,9H2,1H3,(H,16,17)(H,18,19). The van der Waals surface area contributed by atoms with Gasteiger partial charge in [-0.3, -0.25) is 4.79 Å². The lowest BCUT2D eigenvalue weighted by Crippen LogP contribution is -2.32. The van der Waals surface area contributed by atoms with Gasteiger partial charge in [0, 0.05) is 17.4 Å². The first kappa shape index (κ1) is 14.4. The quantitative estimate of drug-likeness (QED) is 0.860. The fourth-order valence-corrected chi connectivity index (χ4v) is 1.95. The van der Waals surface area contributed by atoms with E-state index in [0.717, 1.165) is 12.2 Å². The van der Waals surface area contributed by atoms with Crippen LogP contribution >= 0.6 is 11.6 Å². The molecule has 2 N–H and O–H groups in total. The fourth-order valence-electron chi connectivity index (χ4n) is 1.77. The molecule has 1 aromatic carbocycles. The molecule has 0 aliphatic heterocycles. The van der Waals surface area contributed by atoms with Gasteiger partial charge in [0.2, 0.25) is 0 Å². The lowest BCUT2D eigenvalue weighted by molar-refractivity contribution is -0.123. The lowest BCUT2D eigenvalue weighted by atomic mass is 10.2. The Labute approximate surface area is 122 Å². The van der Waals surface area contributed by atoms with Crippen molar-refractivity contribution in [3.05, 3.63) is 47.5 Å². The van der Waals surface area contributed by atoms with Gasteiger partial charge >= 0.3 is 0 Å². The maximum absolute atomic E-state index is 11.9. The van der Waals surface area contributed by atoms with Crippen molar-refractivity contribution in [1.82, 2.24) is 15.3 Å². The molecule has 0 saturated heterocycles. The van der Waals surface area contributed by atoms with Crippen LogP contribution in [0.15, 0.2) is 36.7 Å². The molecule has 0 radical (unpaired) electrons. The van der Waals surface area contributed by atoms with E-state index in [2.05, 4.69) is 15.3 Å². The molecule has 0 spiro atoms. The highest BCUT2D eigenvalue weighted by molar-refractivity contribution is 6.30. The van der Waals surface area contributed by atoms with E-state index in [0.29, 0.717) is 10.8 Å². The molecule has 0 bridgehead atoms. The van der Waals surface area contributed by atoms with Crippen LogP contribution < -0.4 is 10.1 Å². The van der Waals surface area contributed by atoms with Crippen molar-refractivity contribution >= 4 is 17.5 Å². The zero-order valence-corrected chi connectivity index (χ0v) is 11.9. The number of hydrogen-bond acceptors (Lipinski definition) is 3. The second kappa shape index (κ2) is 6.96. The van der Waals surface area contributed by atoms with Crippen LogP contribution in [0.4, 0.5) is 0 Å². The molecule has 1 heterocycles. The van der Waals surface area contributed by atoms with E-state index in [1.807, 2.05) is 6.92 Å². The number of hydrogen-bond donors (Lipinski definition) is 2. The van der Waals surface area contributed by atoms with E-state index in [-0.39, 0.29) is 18.6 Å². The van der Waals surface area contributed by atoms with Crippen molar-refractivity contribution in [3.8, 4) is 5.75 Å². The molecule has 1 unspecified atom stereocenters. The molecule has 6 heteroatoms. The number of H-pyrrole nitrogens is 1. The summed E-state index contributed by atoms with van der Waals surface area (Å²) in [5.74, 6) is 1.11. The number of halogens is 1. The Morgan fingerprint density at radius 1 is 1.55 bits per heavy atom. The summed E-state index contributed by atoms with van der Waals surface area (Å²) in [6.45, 7) is 1.92. The Morgan fingerprint density at radius 2 is 2.40 bits per heavy atom. The Morgan fingerprint density at radius 3 is 3.05 bits per heavy atom. The van der Waals surface area contributed by atoms with Crippen molar-refractivity contribution in [2.75, 3.05) is 6.61 Å². The summed E-state index contributed by atoms with van der Waals surface area (Å²) in [6.07, 6.45) is 4.13. The van der Waals surface area contributed by atoms with E-state index in [1.54, 1.807) is 36.7 Å². The van der Waals surface area contributed by atoms with Gasteiger partial charge in [-0.05, 0) is 24.6 Å². The van der Waals surface area contributed by atoms with Crippen molar-refractivity contribution in [2.24, 2.45) is 0 Å². The van der Waals surface area contributed by atoms with Crippen molar-refractivity contribution in [3.63, 3.8) is 0 Å².